The fourth-order valence-electron chi connectivity index (χ4n) is 8.67. The fourth-order valence-corrected chi connectivity index (χ4v) is 8.94. The van der Waals surface area contributed by atoms with Gasteiger partial charge in [0.1, 0.15) is 0 Å². The lowest BCUT2D eigenvalue weighted by atomic mass is 9.73. The van der Waals surface area contributed by atoms with Crippen molar-refractivity contribution in [3.05, 3.63) is 76.1 Å². The number of nitrogen functional groups attached to an aromatic ring is 1. The van der Waals surface area contributed by atoms with Crippen molar-refractivity contribution in [2.45, 2.75) is 43.8 Å². The molecule has 6 heterocycles. The SMILES string of the molecule is Nc1ccc(-c2[nH]nc(C(F)(F)F)c2Cc2cnc(C(=O)Nc3ccc(C(=O)N4CCN(C(=O)C(C5CCN(CC(=O)O)CC5)C5CNC5)CC45CC5)c(Cl)c3)[nH]2)nc1. The van der Waals surface area contributed by atoms with Crippen LogP contribution in [-0.2, 0) is 22.2 Å². The van der Waals surface area contributed by atoms with Crippen LogP contribution in [0, 0.1) is 17.8 Å². The second-order valence-electron chi connectivity index (χ2n) is 15.9. The first-order chi connectivity index (χ1) is 28.2. The van der Waals surface area contributed by atoms with Crippen LogP contribution < -0.4 is 16.4 Å². The van der Waals surface area contributed by atoms with Gasteiger partial charge in [-0.2, -0.15) is 18.3 Å². The van der Waals surface area contributed by atoms with Crippen LogP contribution in [-0.4, -0.2) is 127 Å². The number of piperazine rings is 1. The Morgan fingerprint density at radius 1 is 1.02 bits per heavy atom. The average molecular weight is 838 g/mol. The number of likely N-dealkylation sites (tertiary alicyclic amines) is 1. The number of rotatable bonds is 11. The van der Waals surface area contributed by atoms with Crippen molar-refractivity contribution in [3.8, 4) is 11.4 Å². The number of imidazole rings is 1. The normalized spacial score (nSPS) is 19.1. The first kappa shape index (κ1) is 40.3. The molecule has 3 aromatic heterocycles. The summed E-state index contributed by atoms with van der Waals surface area (Å²) < 4.78 is 41.7. The number of hydrogen-bond donors (Lipinski definition) is 6. The lowest BCUT2D eigenvalue weighted by molar-refractivity contribution is -0.145. The highest BCUT2D eigenvalue weighted by molar-refractivity contribution is 6.34. The zero-order valence-corrected chi connectivity index (χ0v) is 32.6. The van der Waals surface area contributed by atoms with Gasteiger partial charge in [-0.15, -0.1) is 0 Å². The number of nitrogens with two attached hydrogens (primary N) is 1. The predicted molar refractivity (Wildman–Crippen MR) is 208 cm³/mol. The highest BCUT2D eigenvalue weighted by Gasteiger charge is 2.55. The number of halogens is 4. The van der Waals surface area contributed by atoms with Gasteiger partial charge in [-0.05, 0) is 94.0 Å². The molecule has 7 N–H and O–H groups in total. The molecule has 1 saturated carbocycles. The standard InChI is InChI=1S/C39H43ClF3N11O5/c40-28-14-24(49-35(57)34-47-18-25(48-34)13-27-32(29-4-1-23(44)17-46-29)50-51-33(27)39(41,42)43)2-3-26(28)36(58)54-12-11-53(20-38(54)7-8-38)37(59)31(22-15-45-16-22)21-5-9-52(10-6-21)19-30(55)56/h1-4,14,17-18,21-22,31,45H,5-13,15-16,19-20,44H2,(H,47,48)(H,49,57)(H,50,51)(H,55,56). The maximum absolute atomic E-state index is 14.2. The maximum atomic E-state index is 14.2. The Labute approximate surface area is 341 Å². The summed E-state index contributed by atoms with van der Waals surface area (Å²) in [5, 5.41) is 21.2. The molecule has 20 heteroatoms. The molecule has 59 heavy (non-hydrogen) atoms. The van der Waals surface area contributed by atoms with E-state index in [9.17, 15) is 37.5 Å². The molecular formula is C39H43ClF3N11O5. The van der Waals surface area contributed by atoms with Crippen molar-refractivity contribution in [1.29, 1.82) is 0 Å². The number of H-pyrrole nitrogens is 2. The van der Waals surface area contributed by atoms with Crippen LogP contribution in [0.4, 0.5) is 24.5 Å². The number of aromatic nitrogens is 5. The number of carboxylic acids is 1. The number of amides is 3. The molecule has 1 spiro atoms. The summed E-state index contributed by atoms with van der Waals surface area (Å²) >= 11 is 6.66. The molecular weight excluding hydrogens is 795 g/mol. The summed E-state index contributed by atoms with van der Waals surface area (Å²) in [4.78, 5) is 69.3. The number of benzene rings is 1. The monoisotopic (exact) mass is 837 g/mol. The van der Waals surface area contributed by atoms with Crippen LogP contribution in [0.3, 0.4) is 0 Å². The smallest absolute Gasteiger partial charge is 0.435 e. The summed E-state index contributed by atoms with van der Waals surface area (Å²) in [6.45, 7) is 4.00. The minimum atomic E-state index is -4.76. The average Bonchev–Trinajstić information content (AvgIpc) is 3.54. The number of nitrogens with one attached hydrogen (secondary N) is 4. The van der Waals surface area contributed by atoms with E-state index in [1.807, 2.05) is 14.7 Å². The molecule has 4 aromatic rings. The molecule has 4 aliphatic rings. The number of piperidine rings is 1. The number of aliphatic carboxylic acids is 1. The largest absolute Gasteiger partial charge is 0.480 e. The zero-order valence-electron chi connectivity index (χ0n) is 31.8. The molecule has 3 saturated heterocycles. The van der Waals surface area contributed by atoms with E-state index in [0.29, 0.717) is 38.4 Å². The first-order valence-electron chi connectivity index (χ1n) is 19.5. The van der Waals surface area contributed by atoms with E-state index in [1.54, 1.807) is 0 Å². The number of hydrogen-bond acceptors (Lipinski definition) is 10. The number of anilines is 2. The van der Waals surface area contributed by atoms with Gasteiger partial charge in [0.2, 0.25) is 5.91 Å². The molecule has 4 fully saturated rings. The second-order valence-corrected chi connectivity index (χ2v) is 16.3. The molecule has 0 radical (unpaired) electrons. The molecule has 3 aliphatic heterocycles. The van der Waals surface area contributed by atoms with Crippen molar-refractivity contribution in [2.75, 3.05) is 63.4 Å². The number of carboxylic acid groups (broad SMARTS) is 1. The van der Waals surface area contributed by atoms with E-state index in [4.69, 9.17) is 17.3 Å². The van der Waals surface area contributed by atoms with Gasteiger partial charge in [-0.25, -0.2) is 4.98 Å². The minimum Gasteiger partial charge on any atom is -0.480 e. The zero-order chi connectivity index (χ0) is 41.6. The molecule has 1 unspecified atom stereocenters. The quantitative estimate of drug-likeness (QED) is 0.128. The highest BCUT2D eigenvalue weighted by Crippen LogP contribution is 2.46. The van der Waals surface area contributed by atoms with Gasteiger partial charge in [0.05, 0.1) is 45.9 Å². The fraction of sp³-hybridized carbons (Fsp3) is 0.462. The van der Waals surface area contributed by atoms with Gasteiger partial charge in [0.25, 0.3) is 11.8 Å². The van der Waals surface area contributed by atoms with Gasteiger partial charge < -0.3 is 36.3 Å². The molecule has 16 nitrogen and oxygen atoms in total. The Hall–Kier alpha value is -5.53. The van der Waals surface area contributed by atoms with Crippen LogP contribution in [0.5, 0.6) is 0 Å². The first-order valence-corrected chi connectivity index (χ1v) is 19.8. The molecule has 1 atom stereocenters. The van der Waals surface area contributed by atoms with Crippen molar-refractivity contribution in [3.63, 3.8) is 0 Å². The van der Waals surface area contributed by atoms with Gasteiger partial charge in [-0.3, -0.25) is 34.2 Å². The van der Waals surface area contributed by atoms with Crippen molar-refractivity contribution < 1.29 is 37.5 Å². The van der Waals surface area contributed by atoms with Crippen LogP contribution in [0.25, 0.3) is 11.4 Å². The van der Waals surface area contributed by atoms with E-state index in [1.165, 1.54) is 42.7 Å². The summed E-state index contributed by atoms with van der Waals surface area (Å²) in [7, 11) is 0. The Kier molecular flexibility index (Phi) is 10.9. The Morgan fingerprint density at radius 2 is 1.78 bits per heavy atom. The molecule has 0 bridgehead atoms. The van der Waals surface area contributed by atoms with Crippen LogP contribution >= 0.6 is 11.6 Å². The number of nitrogens with zero attached hydrogens (tertiary/aromatic N) is 6. The van der Waals surface area contributed by atoms with Crippen LogP contribution in [0.2, 0.25) is 5.02 Å². The lowest BCUT2D eigenvalue weighted by Gasteiger charge is -2.47. The number of carbonyl (C=O) groups is 4. The summed E-state index contributed by atoms with van der Waals surface area (Å²) in [5.74, 6) is -1.63. The summed E-state index contributed by atoms with van der Waals surface area (Å²) in [6.07, 6.45) is 0.554. The summed E-state index contributed by atoms with van der Waals surface area (Å²) in [5.41, 5.74) is 5.19. The number of aromatic amines is 2. The molecule has 1 aromatic carbocycles. The van der Waals surface area contributed by atoms with E-state index < -0.39 is 29.3 Å². The Morgan fingerprint density at radius 3 is 2.41 bits per heavy atom. The van der Waals surface area contributed by atoms with Gasteiger partial charge in [-0.1, -0.05) is 11.6 Å². The summed E-state index contributed by atoms with van der Waals surface area (Å²) in [6, 6.07) is 7.49. The number of alkyl halides is 3. The van der Waals surface area contributed by atoms with Gasteiger partial charge >= 0.3 is 12.1 Å². The third-order valence-corrected chi connectivity index (χ3v) is 12.3. The number of carbonyl (C=O) groups excluding carboxylic acids is 3. The van der Waals surface area contributed by atoms with E-state index in [2.05, 4.69) is 35.8 Å². The Bertz CT molecular complexity index is 2250. The van der Waals surface area contributed by atoms with E-state index in [-0.39, 0.29) is 87.3 Å². The van der Waals surface area contributed by atoms with E-state index >= 15 is 0 Å². The van der Waals surface area contributed by atoms with Crippen molar-refractivity contribution >= 4 is 46.7 Å². The Balaban J connectivity index is 0.903. The highest BCUT2D eigenvalue weighted by atomic mass is 35.5. The van der Waals surface area contributed by atoms with Gasteiger partial charge in [0.15, 0.2) is 11.5 Å². The van der Waals surface area contributed by atoms with Crippen molar-refractivity contribution in [2.24, 2.45) is 17.8 Å². The lowest BCUT2D eigenvalue weighted by Crippen LogP contribution is -2.61. The maximum Gasteiger partial charge on any atom is 0.435 e. The topological polar surface area (TPSA) is 219 Å². The van der Waals surface area contributed by atoms with Crippen LogP contribution in [0.1, 0.15) is 63.6 Å². The molecule has 1 aliphatic carbocycles. The molecule has 8 rings (SSSR count). The van der Waals surface area contributed by atoms with E-state index in [0.717, 1.165) is 38.8 Å². The molecule has 312 valence electrons. The number of pyridine rings is 1. The van der Waals surface area contributed by atoms with Gasteiger partial charge in [0, 0.05) is 55.1 Å². The molecule has 3 amide bonds. The third kappa shape index (κ3) is 8.36. The second kappa shape index (κ2) is 15.9. The van der Waals surface area contributed by atoms with Crippen molar-refractivity contribution in [1.82, 2.24) is 45.2 Å². The third-order valence-electron chi connectivity index (χ3n) is 12.0. The predicted octanol–water partition coefficient (Wildman–Crippen LogP) is 3.74. The minimum absolute atomic E-state index is 0.00245. The van der Waals surface area contributed by atoms with Crippen LogP contribution in [0.15, 0.2) is 42.7 Å².